The second-order valence-corrected chi connectivity index (χ2v) is 8.26. The van der Waals surface area contributed by atoms with Gasteiger partial charge in [-0.15, -0.1) is 0 Å². The van der Waals surface area contributed by atoms with Crippen LogP contribution in [0.2, 0.25) is 5.02 Å². The van der Waals surface area contributed by atoms with Crippen molar-refractivity contribution >= 4 is 23.2 Å². The average molecular weight is 380 g/mol. The summed E-state index contributed by atoms with van der Waals surface area (Å²) in [7, 11) is 0. The Kier molecular flexibility index (Phi) is 5.24. The molecule has 0 radical (unpaired) electrons. The number of nitrogens with zero attached hydrogens (tertiary/aromatic N) is 3. The second kappa shape index (κ2) is 7.10. The Morgan fingerprint density at radius 1 is 1.40 bits per heavy atom. The van der Waals surface area contributed by atoms with Crippen molar-refractivity contribution < 1.29 is 5.11 Å². The largest absolute Gasteiger partial charge is 0.387 e. The summed E-state index contributed by atoms with van der Waals surface area (Å²) in [6, 6.07) is 7.84. The zero-order valence-corrected chi connectivity index (χ0v) is 16.0. The van der Waals surface area contributed by atoms with Crippen LogP contribution in [0, 0.1) is 11.3 Å². The molecule has 3 atom stereocenters. The maximum atomic E-state index is 11.8. The van der Waals surface area contributed by atoms with Gasteiger partial charge < -0.3 is 5.11 Å². The van der Waals surface area contributed by atoms with Crippen molar-refractivity contribution in [3.05, 3.63) is 58.6 Å². The maximum absolute atomic E-state index is 11.8. The van der Waals surface area contributed by atoms with Crippen molar-refractivity contribution in [3.63, 3.8) is 0 Å². The number of aromatic nitrogens is 3. The van der Waals surface area contributed by atoms with Gasteiger partial charge in [0.1, 0.15) is 12.7 Å². The number of hydrogen-bond donors (Lipinski definition) is 1. The van der Waals surface area contributed by atoms with Crippen LogP contribution in [-0.2, 0) is 13.0 Å². The molecular weight excluding hydrogens is 357 g/mol. The Balaban J connectivity index is 1.93. The summed E-state index contributed by atoms with van der Waals surface area (Å²) in [5.74, 6) is 0.0927. The molecule has 1 fully saturated rings. The first kappa shape index (κ1) is 18.4. The lowest BCUT2D eigenvalue weighted by atomic mass is 9.71. The normalized spacial score (nSPS) is 30.0. The first-order valence-corrected chi connectivity index (χ1v) is 9.22. The van der Waals surface area contributed by atoms with Crippen molar-refractivity contribution in [1.29, 1.82) is 0 Å². The third-order valence-corrected chi connectivity index (χ3v) is 5.82. The van der Waals surface area contributed by atoms with E-state index < -0.39 is 11.0 Å². The van der Waals surface area contributed by atoms with Crippen molar-refractivity contribution in [1.82, 2.24) is 14.8 Å². The lowest BCUT2D eigenvalue weighted by Gasteiger charge is -2.41. The fourth-order valence-electron chi connectivity index (χ4n) is 4.08. The van der Waals surface area contributed by atoms with E-state index in [0.29, 0.717) is 11.6 Å². The molecular formula is C19H23Cl2N3O. The van der Waals surface area contributed by atoms with Gasteiger partial charge >= 0.3 is 0 Å². The van der Waals surface area contributed by atoms with Crippen LogP contribution in [0.15, 0.2) is 48.0 Å². The van der Waals surface area contributed by atoms with Crippen LogP contribution in [0.5, 0.6) is 0 Å². The van der Waals surface area contributed by atoms with Gasteiger partial charge in [0.2, 0.25) is 0 Å². The van der Waals surface area contributed by atoms with E-state index in [9.17, 15) is 5.11 Å². The summed E-state index contributed by atoms with van der Waals surface area (Å²) in [6.45, 7) is 4.33. The number of halogens is 2. The zero-order chi connectivity index (χ0) is 18.1. The highest BCUT2D eigenvalue weighted by atomic mass is 35.5. The molecule has 1 N–H and O–H groups in total. The van der Waals surface area contributed by atoms with Gasteiger partial charge in [-0.2, -0.15) is 5.10 Å². The van der Waals surface area contributed by atoms with Crippen LogP contribution in [-0.4, -0.2) is 25.5 Å². The standard InChI is InChI=1S/C19H23Cl2N3O/c1-14(20)10-18(2)8-7-16(9-15-3-5-17(21)6-4-15)19(18,25)11-24-13-22-12-23-24/h3-6,10,12-13,16,25H,7-9,11H2,1-2H3. The van der Waals surface area contributed by atoms with Crippen LogP contribution < -0.4 is 0 Å². The van der Waals surface area contributed by atoms with E-state index in [1.807, 2.05) is 37.3 Å². The highest BCUT2D eigenvalue weighted by molar-refractivity contribution is 6.30. The molecule has 1 aromatic carbocycles. The van der Waals surface area contributed by atoms with Gasteiger partial charge in [-0.1, -0.05) is 48.3 Å². The maximum Gasteiger partial charge on any atom is 0.137 e. The molecule has 0 saturated heterocycles. The van der Waals surface area contributed by atoms with E-state index in [2.05, 4.69) is 17.0 Å². The van der Waals surface area contributed by atoms with E-state index in [-0.39, 0.29) is 5.92 Å². The SMILES string of the molecule is CC(Cl)=CC1(C)CCC(Cc2ccc(Cl)cc2)C1(O)Cn1cncn1. The highest BCUT2D eigenvalue weighted by Crippen LogP contribution is 2.53. The van der Waals surface area contributed by atoms with E-state index in [4.69, 9.17) is 23.2 Å². The zero-order valence-electron chi connectivity index (χ0n) is 14.5. The fraction of sp³-hybridized carbons (Fsp3) is 0.474. The Labute approximate surface area is 158 Å². The van der Waals surface area contributed by atoms with Gasteiger partial charge in [-0.05, 0) is 49.8 Å². The Morgan fingerprint density at radius 2 is 2.12 bits per heavy atom. The van der Waals surface area contributed by atoms with E-state index >= 15 is 0 Å². The summed E-state index contributed by atoms with van der Waals surface area (Å²) < 4.78 is 1.70. The average Bonchev–Trinajstić information content (AvgIpc) is 3.12. The summed E-state index contributed by atoms with van der Waals surface area (Å²) in [4.78, 5) is 4.01. The lowest BCUT2D eigenvalue weighted by Crippen LogP contribution is -2.50. The van der Waals surface area contributed by atoms with E-state index in [1.165, 1.54) is 11.9 Å². The number of aliphatic hydroxyl groups is 1. The third-order valence-electron chi connectivity index (χ3n) is 5.46. The molecule has 0 spiro atoms. The smallest absolute Gasteiger partial charge is 0.137 e. The minimum Gasteiger partial charge on any atom is -0.387 e. The molecule has 0 aliphatic heterocycles. The predicted molar refractivity (Wildman–Crippen MR) is 101 cm³/mol. The molecule has 25 heavy (non-hydrogen) atoms. The fourth-order valence-corrected chi connectivity index (χ4v) is 4.45. The van der Waals surface area contributed by atoms with E-state index in [1.54, 1.807) is 11.0 Å². The van der Waals surface area contributed by atoms with Crippen molar-refractivity contribution in [2.45, 2.75) is 45.3 Å². The van der Waals surface area contributed by atoms with Crippen LogP contribution in [0.25, 0.3) is 0 Å². The Morgan fingerprint density at radius 3 is 2.72 bits per heavy atom. The first-order chi connectivity index (χ1) is 11.8. The third kappa shape index (κ3) is 3.76. The van der Waals surface area contributed by atoms with Crippen LogP contribution in [0.3, 0.4) is 0 Å². The summed E-state index contributed by atoms with van der Waals surface area (Å²) in [5.41, 5.74) is -0.208. The molecule has 1 aromatic heterocycles. The highest BCUT2D eigenvalue weighted by Gasteiger charge is 2.55. The number of rotatable bonds is 5. The molecule has 3 unspecified atom stereocenters. The summed E-state index contributed by atoms with van der Waals surface area (Å²) in [5, 5.41) is 17.4. The van der Waals surface area contributed by atoms with Gasteiger partial charge in [0.25, 0.3) is 0 Å². The molecule has 4 nitrogen and oxygen atoms in total. The predicted octanol–water partition coefficient (Wildman–Crippen LogP) is 4.46. The molecule has 1 aliphatic carbocycles. The lowest BCUT2D eigenvalue weighted by molar-refractivity contribution is -0.0784. The molecule has 2 aromatic rings. The summed E-state index contributed by atoms with van der Waals surface area (Å²) in [6.07, 6.45) is 7.71. The Hall–Kier alpha value is -1.36. The molecule has 0 bridgehead atoms. The topological polar surface area (TPSA) is 50.9 Å². The van der Waals surface area contributed by atoms with E-state index in [0.717, 1.165) is 24.3 Å². The van der Waals surface area contributed by atoms with Crippen molar-refractivity contribution in [3.8, 4) is 0 Å². The van der Waals surface area contributed by atoms with Gasteiger partial charge in [-0.25, -0.2) is 4.98 Å². The second-order valence-electron chi connectivity index (χ2n) is 7.23. The minimum absolute atomic E-state index is 0.0927. The van der Waals surface area contributed by atoms with Gasteiger partial charge in [-0.3, -0.25) is 4.68 Å². The first-order valence-electron chi connectivity index (χ1n) is 8.47. The molecule has 1 saturated carbocycles. The Bertz CT molecular complexity index is 741. The van der Waals surface area contributed by atoms with Crippen LogP contribution in [0.4, 0.5) is 0 Å². The summed E-state index contributed by atoms with van der Waals surface area (Å²) >= 11 is 12.2. The quantitative estimate of drug-likeness (QED) is 0.833. The van der Waals surface area contributed by atoms with Gasteiger partial charge in [0, 0.05) is 15.5 Å². The minimum atomic E-state index is -0.962. The van der Waals surface area contributed by atoms with Crippen molar-refractivity contribution in [2.75, 3.05) is 0 Å². The monoisotopic (exact) mass is 379 g/mol. The molecule has 134 valence electrons. The molecule has 6 heteroatoms. The molecule has 1 heterocycles. The van der Waals surface area contributed by atoms with Gasteiger partial charge in [0.05, 0.1) is 12.1 Å². The molecule has 0 amide bonds. The van der Waals surface area contributed by atoms with Crippen LogP contribution >= 0.6 is 23.2 Å². The van der Waals surface area contributed by atoms with Crippen LogP contribution in [0.1, 0.15) is 32.3 Å². The van der Waals surface area contributed by atoms with Gasteiger partial charge in [0.15, 0.2) is 0 Å². The number of hydrogen-bond acceptors (Lipinski definition) is 3. The molecule has 1 aliphatic rings. The number of benzene rings is 1. The number of allylic oxidation sites excluding steroid dienone is 1. The molecule has 3 rings (SSSR count). The van der Waals surface area contributed by atoms with Crippen molar-refractivity contribution in [2.24, 2.45) is 11.3 Å².